The minimum Gasteiger partial charge on any atom is -0.432 e. The Bertz CT molecular complexity index is 1900. The summed E-state index contributed by atoms with van der Waals surface area (Å²) in [7, 11) is 0. The van der Waals surface area contributed by atoms with E-state index in [0.29, 0.717) is 10.2 Å². The van der Waals surface area contributed by atoms with Crippen molar-refractivity contribution >= 4 is 32.7 Å². The van der Waals surface area contributed by atoms with E-state index < -0.39 is 88.4 Å². The summed E-state index contributed by atoms with van der Waals surface area (Å²) >= 11 is 3.24. The standard InChI is InChI=1S/C31H22BrF10N3O4/c1-13-20(32)9-15-8-16(10-21(24(15)44-13)49-27(35)36)26(46)43-12-28(47,17-4-5-17)22-11-19(29(48,30(37,38)39)31(40,41)42)23(34)25(45-22)14-2-6-18(33)7-3-14/h2-3,6-11,17,27,47-48H,4-5,12H2,1H3,(H,43,46)/t28-/m1/s1. The van der Waals surface area contributed by atoms with Crippen LogP contribution in [0.25, 0.3) is 22.2 Å². The van der Waals surface area contributed by atoms with E-state index in [2.05, 4.69) is 36.0 Å². The van der Waals surface area contributed by atoms with Crippen molar-refractivity contribution in [1.82, 2.24) is 15.3 Å². The second kappa shape index (κ2) is 12.7. The summed E-state index contributed by atoms with van der Waals surface area (Å²) in [5, 5.41) is 24.4. The van der Waals surface area contributed by atoms with Gasteiger partial charge in [-0.15, -0.1) is 0 Å². The number of fused-ring (bicyclic) bond motifs is 1. The lowest BCUT2D eigenvalue weighted by molar-refractivity contribution is -0.377. The summed E-state index contributed by atoms with van der Waals surface area (Å²) in [5.74, 6) is -5.65. The molecule has 7 nitrogen and oxygen atoms in total. The molecule has 5 rings (SSSR count). The number of amides is 1. The molecular formula is C31H22BrF10N3O4. The number of aromatic nitrogens is 2. The van der Waals surface area contributed by atoms with Gasteiger partial charge in [-0.2, -0.15) is 35.1 Å². The average Bonchev–Trinajstić information content (AvgIpc) is 3.86. The molecule has 1 atom stereocenters. The molecule has 1 aliphatic carbocycles. The highest BCUT2D eigenvalue weighted by Gasteiger charge is 2.72. The number of ether oxygens (including phenoxy) is 1. The summed E-state index contributed by atoms with van der Waals surface area (Å²) in [4.78, 5) is 21.3. The van der Waals surface area contributed by atoms with Gasteiger partial charge in [0.05, 0.1) is 17.9 Å². The lowest BCUT2D eigenvalue weighted by Gasteiger charge is -2.35. The van der Waals surface area contributed by atoms with Gasteiger partial charge in [0.25, 0.3) is 11.5 Å². The molecule has 2 aromatic carbocycles. The first-order chi connectivity index (χ1) is 22.7. The van der Waals surface area contributed by atoms with Crippen LogP contribution in [0.2, 0.25) is 0 Å². The van der Waals surface area contributed by atoms with E-state index in [1.54, 1.807) is 6.92 Å². The number of halogens is 11. The van der Waals surface area contributed by atoms with Crippen molar-refractivity contribution in [2.45, 2.75) is 49.9 Å². The Morgan fingerprint density at radius 1 is 0.980 bits per heavy atom. The number of hydrogen-bond donors (Lipinski definition) is 3. The SMILES string of the molecule is Cc1nc2c(OC(F)F)cc(C(=O)NC[C@](O)(c3cc(C(O)(C(F)(F)F)C(F)(F)F)c(F)c(-c4ccc(F)cc4)n3)C3CC3)cc2cc1Br. The summed E-state index contributed by atoms with van der Waals surface area (Å²) < 4.78 is 145. The van der Waals surface area contributed by atoms with Crippen LogP contribution < -0.4 is 10.1 Å². The second-order valence-electron chi connectivity index (χ2n) is 11.3. The number of rotatable bonds is 9. The molecule has 1 aliphatic rings. The van der Waals surface area contributed by atoms with Gasteiger partial charge in [0, 0.05) is 26.5 Å². The third kappa shape index (κ3) is 6.77. The van der Waals surface area contributed by atoms with Crippen LogP contribution in [0.3, 0.4) is 0 Å². The first-order valence-corrected chi connectivity index (χ1v) is 14.9. The van der Waals surface area contributed by atoms with Gasteiger partial charge >= 0.3 is 19.0 Å². The Labute approximate surface area is 278 Å². The highest BCUT2D eigenvalue weighted by Crippen LogP contribution is 2.53. The Morgan fingerprint density at radius 2 is 1.59 bits per heavy atom. The van der Waals surface area contributed by atoms with Crippen molar-refractivity contribution in [3.63, 3.8) is 0 Å². The molecule has 0 saturated heterocycles. The number of benzene rings is 2. The Hall–Kier alpha value is -4.03. The minimum atomic E-state index is -6.53. The van der Waals surface area contributed by atoms with Crippen molar-refractivity contribution in [3.05, 3.63) is 87.2 Å². The molecule has 2 heterocycles. The van der Waals surface area contributed by atoms with Crippen LogP contribution in [0.4, 0.5) is 43.9 Å². The fraction of sp³-hybridized carbons (Fsp3) is 0.323. The van der Waals surface area contributed by atoms with E-state index in [1.165, 1.54) is 12.1 Å². The first kappa shape index (κ1) is 36.3. The molecule has 1 fully saturated rings. The van der Waals surface area contributed by atoms with Gasteiger partial charge in [0.15, 0.2) is 11.6 Å². The molecule has 0 aliphatic heterocycles. The topological polar surface area (TPSA) is 105 Å². The molecule has 0 radical (unpaired) electrons. The Morgan fingerprint density at radius 3 is 2.14 bits per heavy atom. The molecule has 0 bridgehead atoms. The quantitative estimate of drug-likeness (QED) is 0.152. The van der Waals surface area contributed by atoms with E-state index in [0.717, 1.165) is 30.3 Å². The van der Waals surface area contributed by atoms with Gasteiger partial charge in [-0.05, 0) is 90.1 Å². The molecular weight excluding hydrogens is 748 g/mol. The molecule has 0 unspecified atom stereocenters. The van der Waals surface area contributed by atoms with Gasteiger partial charge in [-0.3, -0.25) is 4.79 Å². The predicted octanol–water partition coefficient (Wildman–Crippen LogP) is 7.59. The van der Waals surface area contributed by atoms with E-state index in [4.69, 9.17) is 0 Å². The van der Waals surface area contributed by atoms with Crippen molar-refractivity contribution < 1.29 is 63.6 Å². The molecule has 18 heteroatoms. The van der Waals surface area contributed by atoms with Gasteiger partial charge < -0.3 is 20.3 Å². The number of carbonyl (C=O) groups is 1. The van der Waals surface area contributed by atoms with Crippen molar-refractivity contribution in [3.8, 4) is 17.0 Å². The average molecular weight is 770 g/mol. The van der Waals surface area contributed by atoms with Crippen molar-refractivity contribution in [1.29, 1.82) is 0 Å². The lowest BCUT2D eigenvalue weighted by atomic mass is 9.85. The van der Waals surface area contributed by atoms with E-state index in [1.807, 2.05) is 0 Å². The first-order valence-electron chi connectivity index (χ1n) is 14.1. The number of nitrogens with zero attached hydrogens (tertiary/aromatic N) is 2. The molecule has 262 valence electrons. The second-order valence-corrected chi connectivity index (χ2v) is 12.1. The third-order valence-corrected chi connectivity index (χ3v) is 8.79. The zero-order valence-corrected chi connectivity index (χ0v) is 26.2. The number of nitrogens with one attached hydrogen (secondary N) is 1. The summed E-state index contributed by atoms with van der Waals surface area (Å²) in [5.41, 5.74) is -13.3. The molecule has 49 heavy (non-hydrogen) atoms. The number of hydrogen-bond acceptors (Lipinski definition) is 6. The predicted molar refractivity (Wildman–Crippen MR) is 155 cm³/mol. The molecule has 2 aromatic heterocycles. The molecule has 3 N–H and O–H groups in total. The van der Waals surface area contributed by atoms with Crippen LogP contribution in [-0.4, -0.2) is 51.6 Å². The summed E-state index contributed by atoms with van der Waals surface area (Å²) in [6.07, 6.45) is -12.8. The largest absolute Gasteiger partial charge is 0.432 e. The highest BCUT2D eigenvalue weighted by molar-refractivity contribution is 9.10. The summed E-state index contributed by atoms with van der Waals surface area (Å²) in [6.45, 7) is -2.70. The number of aliphatic hydroxyl groups is 2. The molecule has 1 saturated carbocycles. The van der Waals surface area contributed by atoms with E-state index in [9.17, 15) is 54.5 Å². The maximum Gasteiger partial charge on any atom is 0.430 e. The molecule has 1 amide bonds. The molecule has 4 aromatic rings. The Kier molecular flexibility index (Phi) is 9.39. The maximum atomic E-state index is 15.7. The smallest absolute Gasteiger partial charge is 0.430 e. The highest BCUT2D eigenvalue weighted by atomic mass is 79.9. The van der Waals surface area contributed by atoms with Crippen LogP contribution >= 0.6 is 15.9 Å². The number of alkyl halides is 8. The fourth-order valence-corrected chi connectivity index (χ4v) is 5.58. The van der Waals surface area contributed by atoms with Crippen molar-refractivity contribution in [2.24, 2.45) is 5.92 Å². The van der Waals surface area contributed by atoms with Gasteiger partial charge in [0.1, 0.15) is 22.6 Å². The number of aryl methyl sites for hydroxylation is 1. The normalized spacial score (nSPS) is 15.4. The monoisotopic (exact) mass is 769 g/mol. The lowest BCUT2D eigenvalue weighted by Crippen LogP contribution is -2.55. The zero-order chi connectivity index (χ0) is 36.3. The zero-order valence-electron chi connectivity index (χ0n) is 24.7. The molecule has 0 spiro atoms. The minimum absolute atomic E-state index is 0.0368. The van der Waals surface area contributed by atoms with Crippen LogP contribution in [-0.2, 0) is 11.2 Å². The third-order valence-electron chi connectivity index (χ3n) is 7.99. The van der Waals surface area contributed by atoms with Gasteiger partial charge in [0.2, 0.25) is 0 Å². The number of carbonyl (C=O) groups excluding carboxylic acids is 1. The van der Waals surface area contributed by atoms with Crippen LogP contribution in [0.1, 0.15) is 40.2 Å². The van der Waals surface area contributed by atoms with Crippen LogP contribution in [0, 0.1) is 24.5 Å². The summed E-state index contributed by atoms with van der Waals surface area (Å²) in [6, 6.07) is 6.57. The van der Waals surface area contributed by atoms with Crippen LogP contribution in [0.5, 0.6) is 5.75 Å². The number of pyridine rings is 2. The van der Waals surface area contributed by atoms with E-state index >= 15 is 4.39 Å². The van der Waals surface area contributed by atoms with Crippen LogP contribution in [0.15, 0.2) is 53.0 Å². The van der Waals surface area contributed by atoms with Gasteiger partial charge in [-0.25, -0.2) is 18.7 Å². The Balaban J connectivity index is 1.62. The maximum absolute atomic E-state index is 15.7. The van der Waals surface area contributed by atoms with Gasteiger partial charge in [-0.1, -0.05) is 0 Å². The van der Waals surface area contributed by atoms with Crippen molar-refractivity contribution in [2.75, 3.05) is 6.54 Å². The van der Waals surface area contributed by atoms with E-state index in [-0.39, 0.29) is 35.4 Å². The fourth-order valence-electron chi connectivity index (χ4n) is 5.24.